The molecule has 0 aliphatic carbocycles. The van der Waals surface area contributed by atoms with Crippen LogP contribution >= 0.6 is 0 Å². The molecule has 0 fully saturated rings. The molecule has 0 radical (unpaired) electrons. The van der Waals surface area contributed by atoms with E-state index >= 15 is 0 Å². The maximum atomic E-state index is 3.95. The van der Waals surface area contributed by atoms with Crippen LogP contribution < -0.4 is 0 Å². The molecule has 0 aromatic heterocycles. The molecule has 10 heavy (non-hydrogen) atoms. The van der Waals surface area contributed by atoms with Gasteiger partial charge in [-0.3, -0.25) is 4.99 Å². The highest BCUT2D eigenvalue weighted by Gasteiger charge is 1.75. The SMILES string of the molecule is CC=N/C=C\C(C)=C\CC. The van der Waals surface area contributed by atoms with Crippen molar-refractivity contribution in [1.82, 2.24) is 0 Å². The van der Waals surface area contributed by atoms with Gasteiger partial charge in [0.15, 0.2) is 0 Å². The Morgan fingerprint density at radius 3 is 2.70 bits per heavy atom. The first-order valence-corrected chi connectivity index (χ1v) is 3.62. The largest absolute Gasteiger partial charge is 0.269 e. The van der Waals surface area contributed by atoms with Crippen LogP contribution in [-0.2, 0) is 0 Å². The van der Waals surface area contributed by atoms with Gasteiger partial charge in [-0.25, -0.2) is 0 Å². The summed E-state index contributed by atoms with van der Waals surface area (Å²) < 4.78 is 0. The minimum absolute atomic E-state index is 1.09. The van der Waals surface area contributed by atoms with E-state index in [1.54, 1.807) is 6.21 Å². The van der Waals surface area contributed by atoms with Crippen molar-refractivity contribution < 1.29 is 0 Å². The maximum Gasteiger partial charge on any atom is 0.0266 e. The van der Waals surface area contributed by atoms with Gasteiger partial charge in [-0.1, -0.05) is 18.6 Å². The molecule has 0 aromatic carbocycles. The van der Waals surface area contributed by atoms with Crippen LogP contribution in [0.2, 0.25) is 0 Å². The van der Waals surface area contributed by atoms with Crippen LogP contribution in [0.3, 0.4) is 0 Å². The Balaban J connectivity index is 3.76. The molecule has 0 spiro atoms. The molecule has 0 amide bonds. The third-order valence-electron chi connectivity index (χ3n) is 1.10. The Labute approximate surface area is 63.2 Å². The molecule has 0 heterocycles. The zero-order valence-corrected chi connectivity index (χ0v) is 6.96. The molecule has 56 valence electrons. The van der Waals surface area contributed by atoms with Crippen LogP contribution in [0.15, 0.2) is 28.9 Å². The monoisotopic (exact) mass is 137 g/mol. The van der Waals surface area contributed by atoms with Crippen LogP contribution in [0.5, 0.6) is 0 Å². The summed E-state index contributed by atoms with van der Waals surface area (Å²) in [4.78, 5) is 3.95. The van der Waals surface area contributed by atoms with Crippen molar-refractivity contribution in [2.24, 2.45) is 4.99 Å². The summed E-state index contributed by atoms with van der Waals surface area (Å²) in [6.07, 6.45) is 8.84. The maximum absolute atomic E-state index is 3.95. The third kappa shape index (κ3) is 5.29. The molecule has 1 heteroatoms. The van der Waals surface area contributed by atoms with E-state index in [1.807, 2.05) is 19.2 Å². The second-order valence-corrected chi connectivity index (χ2v) is 2.08. The lowest BCUT2D eigenvalue weighted by Gasteiger charge is -1.86. The van der Waals surface area contributed by atoms with Crippen LogP contribution in [0.4, 0.5) is 0 Å². The van der Waals surface area contributed by atoms with Crippen molar-refractivity contribution in [2.45, 2.75) is 27.2 Å². The summed E-state index contributed by atoms with van der Waals surface area (Å²) in [6.45, 7) is 6.11. The topological polar surface area (TPSA) is 12.4 Å². The molecule has 0 rings (SSSR count). The highest BCUT2D eigenvalue weighted by molar-refractivity contribution is 5.54. The van der Waals surface area contributed by atoms with Gasteiger partial charge in [0.25, 0.3) is 0 Å². The van der Waals surface area contributed by atoms with Crippen molar-refractivity contribution in [3.8, 4) is 0 Å². The van der Waals surface area contributed by atoms with Gasteiger partial charge < -0.3 is 0 Å². The molecular weight excluding hydrogens is 122 g/mol. The fourth-order valence-electron chi connectivity index (χ4n) is 0.637. The fourth-order valence-corrected chi connectivity index (χ4v) is 0.637. The fraction of sp³-hybridized carbons (Fsp3) is 0.444. The van der Waals surface area contributed by atoms with Gasteiger partial charge in [0.1, 0.15) is 0 Å². The number of allylic oxidation sites excluding steroid dienone is 3. The van der Waals surface area contributed by atoms with Crippen molar-refractivity contribution in [3.05, 3.63) is 23.9 Å². The van der Waals surface area contributed by atoms with Gasteiger partial charge in [-0.05, 0) is 26.3 Å². The second-order valence-electron chi connectivity index (χ2n) is 2.08. The molecule has 0 aromatic rings. The smallest absolute Gasteiger partial charge is 0.0266 e. The summed E-state index contributed by atoms with van der Waals surface area (Å²) in [5.74, 6) is 0. The first kappa shape index (κ1) is 9.15. The molecule has 1 nitrogen and oxygen atoms in total. The van der Waals surface area contributed by atoms with Crippen LogP contribution in [0.1, 0.15) is 27.2 Å². The van der Waals surface area contributed by atoms with Gasteiger partial charge in [0.2, 0.25) is 0 Å². The second kappa shape index (κ2) is 6.27. The van der Waals surface area contributed by atoms with E-state index in [4.69, 9.17) is 0 Å². The highest BCUT2D eigenvalue weighted by Crippen LogP contribution is 1.96. The molecule has 0 atom stereocenters. The van der Waals surface area contributed by atoms with Gasteiger partial charge in [-0.2, -0.15) is 0 Å². The average Bonchev–Trinajstić information content (AvgIpc) is 1.89. The Morgan fingerprint density at radius 1 is 1.50 bits per heavy atom. The summed E-state index contributed by atoms with van der Waals surface area (Å²) in [5, 5.41) is 0. The summed E-state index contributed by atoms with van der Waals surface area (Å²) >= 11 is 0. The summed E-state index contributed by atoms with van der Waals surface area (Å²) in [5.41, 5.74) is 1.27. The van der Waals surface area contributed by atoms with Crippen LogP contribution in [0, 0.1) is 0 Å². The third-order valence-corrected chi connectivity index (χ3v) is 1.10. The number of hydrogen-bond acceptors (Lipinski definition) is 1. The molecule has 0 aliphatic rings. The normalized spacial score (nSPS) is 13.7. The summed E-state index contributed by atoms with van der Waals surface area (Å²) in [6, 6.07) is 0. The molecular formula is C9H15N. The first-order valence-electron chi connectivity index (χ1n) is 3.62. The molecule has 0 saturated carbocycles. The molecule has 0 bridgehead atoms. The predicted octanol–water partition coefficient (Wildman–Crippen LogP) is 2.95. The van der Waals surface area contributed by atoms with E-state index in [0.717, 1.165) is 6.42 Å². The number of nitrogens with zero attached hydrogens (tertiary/aromatic N) is 1. The molecule has 0 saturated heterocycles. The van der Waals surface area contributed by atoms with Gasteiger partial charge in [0, 0.05) is 12.4 Å². The Morgan fingerprint density at radius 2 is 2.20 bits per heavy atom. The number of hydrogen-bond donors (Lipinski definition) is 0. The standard InChI is InChI=1S/C9H15N/c1-4-6-9(3)7-8-10-5-2/h5-8H,4H2,1-3H3/b8-7-,9-6+,10-5?. The minimum Gasteiger partial charge on any atom is -0.269 e. The van der Waals surface area contributed by atoms with E-state index in [-0.39, 0.29) is 0 Å². The van der Waals surface area contributed by atoms with E-state index in [1.165, 1.54) is 5.57 Å². The lowest BCUT2D eigenvalue weighted by Crippen LogP contribution is -1.66. The molecule has 0 N–H and O–H groups in total. The van der Waals surface area contributed by atoms with E-state index in [2.05, 4.69) is 24.9 Å². The van der Waals surface area contributed by atoms with Crippen molar-refractivity contribution in [1.29, 1.82) is 0 Å². The van der Waals surface area contributed by atoms with Gasteiger partial charge in [0.05, 0.1) is 0 Å². The van der Waals surface area contributed by atoms with Gasteiger partial charge in [-0.15, -0.1) is 0 Å². The van der Waals surface area contributed by atoms with Crippen molar-refractivity contribution in [3.63, 3.8) is 0 Å². The zero-order valence-electron chi connectivity index (χ0n) is 6.96. The lowest BCUT2D eigenvalue weighted by atomic mass is 10.2. The number of rotatable bonds is 3. The summed E-state index contributed by atoms with van der Waals surface area (Å²) in [7, 11) is 0. The molecule has 0 unspecified atom stereocenters. The molecule has 0 aliphatic heterocycles. The average molecular weight is 137 g/mol. The quantitative estimate of drug-likeness (QED) is 0.419. The Kier molecular flexibility index (Phi) is 5.74. The van der Waals surface area contributed by atoms with E-state index in [0.29, 0.717) is 0 Å². The van der Waals surface area contributed by atoms with Gasteiger partial charge >= 0.3 is 0 Å². The Bertz CT molecular complexity index is 152. The van der Waals surface area contributed by atoms with E-state index < -0.39 is 0 Å². The Hall–Kier alpha value is -0.850. The predicted molar refractivity (Wildman–Crippen MR) is 47.4 cm³/mol. The highest BCUT2D eigenvalue weighted by atomic mass is 14.6. The first-order chi connectivity index (χ1) is 4.81. The minimum atomic E-state index is 1.09. The van der Waals surface area contributed by atoms with Crippen LogP contribution in [-0.4, -0.2) is 6.21 Å². The van der Waals surface area contributed by atoms with Crippen molar-refractivity contribution in [2.75, 3.05) is 0 Å². The van der Waals surface area contributed by atoms with Crippen LogP contribution in [0.25, 0.3) is 0 Å². The zero-order chi connectivity index (χ0) is 7.82. The van der Waals surface area contributed by atoms with Crippen molar-refractivity contribution >= 4 is 6.21 Å². The van der Waals surface area contributed by atoms with E-state index in [9.17, 15) is 0 Å². The number of aliphatic imine (C=N–C) groups is 1. The lowest BCUT2D eigenvalue weighted by molar-refractivity contribution is 1.20.